The number of amides is 1. The molecule has 0 saturated carbocycles. The van der Waals surface area contributed by atoms with Crippen LogP contribution in [-0.4, -0.2) is 47.6 Å². The summed E-state index contributed by atoms with van der Waals surface area (Å²) in [5.74, 6) is -0.334. The second-order valence-corrected chi connectivity index (χ2v) is 7.01. The Kier molecular flexibility index (Phi) is 8.06. The number of carbonyl (C=O) groups is 1. The molecule has 31 heavy (non-hydrogen) atoms. The van der Waals surface area contributed by atoms with Crippen molar-refractivity contribution in [2.24, 2.45) is 0 Å². The van der Waals surface area contributed by atoms with E-state index in [9.17, 15) is 9.18 Å². The highest BCUT2D eigenvalue weighted by molar-refractivity contribution is 5.99. The molecule has 0 unspecified atom stereocenters. The molecule has 1 heterocycles. The Morgan fingerprint density at radius 3 is 2.58 bits per heavy atom. The van der Waals surface area contributed by atoms with Gasteiger partial charge in [0.15, 0.2) is 0 Å². The van der Waals surface area contributed by atoms with Crippen molar-refractivity contribution in [3.63, 3.8) is 0 Å². The summed E-state index contributed by atoms with van der Waals surface area (Å²) >= 11 is 0. The molecule has 7 heteroatoms. The van der Waals surface area contributed by atoms with Crippen LogP contribution in [0.4, 0.5) is 10.3 Å². The molecule has 0 bridgehead atoms. The lowest BCUT2D eigenvalue weighted by atomic mass is 10.1. The number of anilines is 1. The molecule has 3 aromatic rings. The van der Waals surface area contributed by atoms with Crippen molar-refractivity contribution in [2.45, 2.75) is 19.9 Å². The number of ether oxygens (including phenoxy) is 1. The summed E-state index contributed by atoms with van der Waals surface area (Å²) in [5, 5.41) is 3.11. The van der Waals surface area contributed by atoms with E-state index < -0.39 is 5.82 Å². The average Bonchev–Trinajstić information content (AvgIpc) is 2.81. The Bertz CT molecular complexity index is 998. The molecule has 0 saturated heterocycles. The first-order valence-corrected chi connectivity index (χ1v) is 10.3. The number of hydrogen-bond donors (Lipinski definition) is 1. The second kappa shape index (κ2) is 11.2. The lowest BCUT2D eigenvalue weighted by Gasteiger charge is -2.22. The molecule has 3 rings (SSSR count). The first-order chi connectivity index (χ1) is 15.1. The highest BCUT2D eigenvalue weighted by Crippen LogP contribution is 2.26. The van der Waals surface area contributed by atoms with Gasteiger partial charge in [-0.25, -0.2) is 14.4 Å². The molecule has 6 nitrogen and oxygen atoms in total. The van der Waals surface area contributed by atoms with Crippen molar-refractivity contribution < 1.29 is 13.9 Å². The van der Waals surface area contributed by atoms with Gasteiger partial charge >= 0.3 is 0 Å². The van der Waals surface area contributed by atoms with Crippen molar-refractivity contribution in [3.8, 4) is 11.3 Å². The van der Waals surface area contributed by atoms with E-state index >= 15 is 0 Å². The Morgan fingerprint density at radius 1 is 1.13 bits per heavy atom. The lowest BCUT2D eigenvalue weighted by Crippen LogP contribution is -2.31. The Balaban J connectivity index is 1.93. The van der Waals surface area contributed by atoms with Gasteiger partial charge in [-0.3, -0.25) is 4.79 Å². The Hall–Kier alpha value is -3.32. The average molecular weight is 423 g/mol. The Morgan fingerprint density at radius 2 is 1.87 bits per heavy atom. The number of aromatic nitrogens is 2. The molecule has 0 fully saturated rings. The minimum atomic E-state index is -0.438. The van der Waals surface area contributed by atoms with E-state index in [0.717, 1.165) is 12.0 Å². The third kappa shape index (κ3) is 5.86. The van der Waals surface area contributed by atoms with Gasteiger partial charge in [-0.2, -0.15) is 0 Å². The van der Waals surface area contributed by atoms with Gasteiger partial charge in [-0.05, 0) is 31.0 Å². The van der Waals surface area contributed by atoms with Crippen LogP contribution in [-0.2, 0) is 11.3 Å². The summed E-state index contributed by atoms with van der Waals surface area (Å²) in [6.07, 6.45) is 2.25. The van der Waals surface area contributed by atoms with E-state index in [1.807, 2.05) is 37.3 Å². The second-order valence-electron chi connectivity index (χ2n) is 7.01. The molecule has 162 valence electrons. The number of halogens is 1. The molecule has 0 aliphatic rings. The SMILES string of the molecule is CCN(Cc1ccccc1)C(=O)c1cnc(NCCCOC)nc1-c1ccccc1F. The van der Waals surface area contributed by atoms with Crippen molar-refractivity contribution in [1.82, 2.24) is 14.9 Å². The number of benzene rings is 2. The van der Waals surface area contributed by atoms with Crippen LogP contribution in [0, 0.1) is 5.82 Å². The van der Waals surface area contributed by atoms with Gasteiger partial charge in [0.05, 0.1) is 11.3 Å². The predicted octanol–water partition coefficient (Wildman–Crippen LogP) is 4.39. The number of rotatable bonds is 10. The van der Waals surface area contributed by atoms with Gasteiger partial charge in [0.25, 0.3) is 5.91 Å². The fourth-order valence-electron chi connectivity index (χ4n) is 3.20. The zero-order chi connectivity index (χ0) is 22.1. The highest BCUT2D eigenvalue weighted by atomic mass is 19.1. The summed E-state index contributed by atoms with van der Waals surface area (Å²) in [6.45, 7) is 4.07. The number of carbonyl (C=O) groups excluding carboxylic acids is 1. The van der Waals surface area contributed by atoms with Crippen molar-refractivity contribution >= 4 is 11.9 Å². The van der Waals surface area contributed by atoms with E-state index in [1.165, 1.54) is 12.3 Å². The first kappa shape index (κ1) is 22.4. The zero-order valence-electron chi connectivity index (χ0n) is 17.8. The molecule has 2 aromatic carbocycles. The zero-order valence-corrected chi connectivity index (χ0v) is 17.8. The van der Waals surface area contributed by atoms with Crippen LogP contribution in [0.15, 0.2) is 60.8 Å². The maximum atomic E-state index is 14.6. The predicted molar refractivity (Wildman–Crippen MR) is 119 cm³/mol. The molecule has 0 aliphatic heterocycles. The monoisotopic (exact) mass is 422 g/mol. The summed E-state index contributed by atoms with van der Waals surface area (Å²) in [5.41, 5.74) is 1.83. The third-order valence-corrected chi connectivity index (χ3v) is 4.84. The van der Waals surface area contributed by atoms with Gasteiger partial charge in [0, 0.05) is 45.1 Å². The van der Waals surface area contributed by atoms with E-state index in [0.29, 0.717) is 32.2 Å². The normalized spacial score (nSPS) is 10.7. The minimum Gasteiger partial charge on any atom is -0.385 e. The number of nitrogens with one attached hydrogen (secondary N) is 1. The quantitative estimate of drug-likeness (QED) is 0.491. The van der Waals surface area contributed by atoms with Crippen molar-refractivity contribution in [2.75, 3.05) is 32.1 Å². The van der Waals surface area contributed by atoms with Crippen LogP contribution in [0.5, 0.6) is 0 Å². The summed E-state index contributed by atoms with van der Waals surface area (Å²) in [6, 6.07) is 16.1. The van der Waals surface area contributed by atoms with E-state index in [4.69, 9.17) is 4.74 Å². The molecule has 1 N–H and O–H groups in total. The van der Waals surface area contributed by atoms with Gasteiger partial charge in [0.2, 0.25) is 5.95 Å². The standard InChI is InChI=1S/C24H27FN4O2/c1-3-29(17-18-10-5-4-6-11-18)23(30)20-16-27-24(26-14-9-15-31-2)28-22(20)19-12-7-8-13-21(19)25/h4-8,10-13,16H,3,9,14-15,17H2,1-2H3,(H,26,27,28). The highest BCUT2D eigenvalue weighted by Gasteiger charge is 2.22. The molecule has 0 atom stereocenters. The topological polar surface area (TPSA) is 67.4 Å². The molecule has 1 aromatic heterocycles. The van der Waals surface area contributed by atoms with Crippen LogP contribution in [0.3, 0.4) is 0 Å². The lowest BCUT2D eigenvalue weighted by molar-refractivity contribution is 0.0752. The van der Waals surface area contributed by atoms with Gasteiger partial charge in [-0.1, -0.05) is 42.5 Å². The van der Waals surface area contributed by atoms with Crippen LogP contribution in [0.1, 0.15) is 29.3 Å². The first-order valence-electron chi connectivity index (χ1n) is 10.3. The van der Waals surface area contributed by atoms with Crippen molar-refractivity contribution in [1.29, 1.82) is 0 Å². The fourth-order valence-corrected chi connectivity index (χ4v) is 3.20. The summed E-state index contributed by atoms with van der Waals surface area (Å²) < 4.78 is 19.7. The largest absolute Gasteiger partial charge is 0.385 e. The molecule has 1 amide bonds. The molecular formula is C24H27FN4O2. The number of nitrogens with zero attached hydrogens (tertiary/aromatic N) is 3. The van der Waals surface area contributed by atoms with Crippen LogP contribution in [0.25, 0.3) is 11.3 Å². The van der Waals surface area contributed by atoms with E-state index in [1.54, 1.807) is 30.2 Å². The maximum absolute atomic E-state index is 14.6. The fraction of sp³-hybridized carbons (Fsp3) is 0.292. The summed E-state index contributed by atoms with van der Waals surface area (Å²) in [4.78, 5) is 23.9. The van der Waals surface area contributed by atoms with Crippen molar-refractivity contribution in [3.05, 3.63) is 77.7 Å². The van der Waals surface area contributed by atoms with Gasteiger partial charge in [0.1, 0.15) is 5.82 Å². The Labute approximate surface area is 182 Å². The van der Waals surface area contributed by atoms with E-state index in [2.05, 4.69) is 15.3 Å². The van der Waals surface area contributed by atoms with E-state index in [-0.39, 0.29) is 22.7 Å². The number of hydrogen-bond acceptors (Lipinski definition) is 5. The van der Waals surface area contributed by atoms with Gasteiger partial charge < -0.3 is 15.0 Å². The van der Waals surface area contributed by atoms with Crippen LogP contribution in [0.2, 0.25) is 0 Å². The molecule has 0 spiro atoms. The molecule has 0 aliphatic carbocycles. The van der Waals surface area contributed by atoms with Gasteiger partial charge in [-0.15, -0.1) is 0 Å². The van der Waals surface area contributed by atoms with Crippen LogP contribution < -0.4 is 5.32 Å². The minimum absolute atomic E-state index is 0.240. The maximum Gasteiger partial charge on any atom is 0.257 e. The third-order valence-electron chi connectivity index (χ3n) is 4.84. The molecular weight excluding hydrogens is 395 g/mol. The van der Waals surface area contributed by atoms with Crippen LogP contribution >= 0.6 is 0 Å². The molecule has 0 radical (unpaired) electrons. The summed E-state index contributed by atoms with van der Waals surface area (Å²) in [7, 11) is 1.64. The smallest absolute Gasteiger partial charge is 0.257 e. The number of methoxy groups -OCH3 is 1.